The van der Waals surface area contributed by atoms with E-state index in [0.717, 1.165) is 0 Å². The van der Waals surface area contributed by atoms with Gasteiger partial charge in [0.25, 0.3) is 0 Å². The summed E-state index contributed by atoms with van der Waals surface area (Å²) in [5.74, 6) is -0.671. The summed E-state index contributed by atoms with van der Waals surface area (Å²) in [6, 6.07) is 7.35. The highest BCUT2D eigenvalue weighted by Crippen LogP contribution is 2.30. The first kappa shape index (κ1) is 11.0. The van der Waals surface area contributed by atoms with Crippen LogP contribution in [0.3, 0.4) is 0 Å². The van der Waals surface area contributed by atoms with Gasteiger partial charge < -0.3 is 0 Å². The summed E-state index contributed by atoms with van der Waals surface area (Å²) in [5, 5.41) is 34.5. The van der Waals surface area contributed by atoms with Crippen molar-refractivity contribution in [3.8, 4) is 24.3 Å². The summed E-state index contributed by atoms with van der Waals surface area (Å²) in [7, 11) is 0. The van der Waals surface area contributed by atoms with E-state index in [4.69, 9.17) is 21.0 Å². The van der Waals surface area contributed by atoms with Gasteiger partial charge in [-0.15, -0.1) is 0 Å². The highest BCUT2D eigenvalue weighted by atomic mass is 14.5. The molecule has 0 saturated heterocycles. The van der Waals surface area contributed by atoms with Gasteiger partial charge in [0.05, 0.1) is 30.2 Å². The second-order valence-corrected chi connectivity index (χ2v) is 2.70. The van der Waals surface area contributed by atoms with Crippen molar-refractivity contribution in [2.24, 2.45) is 11.3 Å². The molecule has 4 heteroatoms. The topological polar surface area (TPSA) is 95.2 Å². The van der Waals surface area contributed by atoms with Crippen LogP contribution in [0.25, 0.3) is 0 Å². The molecule has 0 aromatic carbocycles. The summed E-state index contributed by atoms with van der Waals surface area (Å²) in [5.41, 5.74) is -1.33. The smallest absolute Gasteiger partial charge is 0.160 e. The fourth-order valence-electron chi connectivity index (χ4n) is 0.910. The average Bonchev–Trinajstić information content (AvgIpc) is 2.19. The molecule has 64 valence electrons. The molecule has 0 spiro atoms. The Balaban J connectivity index is 4.80. The maximum absolute atomic E-state index is 8.77. The molecule has 0 bridgehead atoms. The van der Waals surface area contributed by atoms with E-state index >= 15 is 0 Å². The van der Waals surface area contributed by atoms with Crippen LogP contribution < -0.4 is 0 Å². The molecule has 0 aromatic rings. The quantitative estimate of drug-likeness (QED) is 0.644. The van der Waals surface area contributed by atoms with Gasteiger partial charge >= 0.3 is 0 Å². The molecule has 0 aliphatic heterocycles. The van der Waals surface area contributed by atoms with Gasteiger partial charge in [0.15, 0.2) is 5.41 Å². The van der Waals surface area contributed by atoms with Gasteiger partial charge in [0.2, 0.25) is 0 Å². The lowest BCUT2D eigenvalue weighted by atomic mass is 9.76. The normalized spacial score (nSPS) is 11.5. The standard InChI is InChI=1S/C9H8N4/c1-8(5-11)9(6-12,7-13)3-2-4-10/h8H,2-3H2,1H3. The Labute approximate surface area is 77.2 Å². The van der Waals surface area contributed by atoms with Crippen LogP contribution in [-0.4, -0.2) is 0 Å². The SMILES string of the molecule is CC(C#N)C(C#N)(C#N)CCC#N. The number of nitrogens with zero attached hydrogens (tertiary/aromatic N) is 4. The first-order valence-electron chi connectivity index (χ1n) is 3.76. The van der Waals surface area contributed by atoms with Crippen LogP contribution in [0.1, 0.15) is 19.8 Å². The van der Waals surface area contributed by atoms with Gasteiger partial charge in [-0.25, -0.2) is 0 Å². The third-order valence-corrected chi connectivity index (χ3v) is 1.96. The second-order valence-electron chi connectivity index (χ2n) is 2.70. The Hall–Kier alpha value is -2.04. The molecule has 0 heterocycles. The van der Waals surface area contributed by atoms with Crippen LogP contribution in [0.15, 0.2) is 0 Å². The molecule has 0 rings (SSSR count). The van der Waals surface area contributed by atoms with Gasteiger partial charge in [-0.2, -0.15) is 21.0 Å². The van der Waals surface area contributed by atoms with Crippen molar-refractivity contribution in [3.63, 3.8) is 0 Å². The molecule has 1 unspecified atom stereocenters. The monoisotopic (exact) mass is 172 g/mol. The number of nitriles is 4. The zero-order valence-electron chi connectivity index (χ0n) is 7.28. The third-order valence-electron chi connectivity index (χ3n) is 1.96. The largest absolute Gasteiger partial charge is 0.198 e. The highest BCUT2D eigenvalue weighted by molar-refractivity contribution is 5.20. The molecule has 1 atom stereocenters. The van der Waals surface area contributed by atoms with Crippen molar-refractivity contribution < 1.29 is 0 Å². The predicted molar refractivity (Wildman–Crippen MR) is 43.3 cm³/mol. The van der Waals surface area contributed by atoms with Gasteiger partial charge in [-0.3, -0.25) is 0 Å². The molecule has 0 saturated carbocycles. The zero-order chi connectivity index (χ0) is 10.3. The summed E-state index contributed by atoms with van der Waals surface area (Å²) < 4.78 is 0. The fraction of sp³-hybridized carbons (Fsp3) is 0.556. The third kappa shape index (κ3) is 2.19. The minimum atomic E-state index is -1.33. The van der Waals surface area contributed by atoms with Crippen LogP contribution >= 0.6 is 0 Å². The lowest BCUT2D eigenvalue weighted by molar-refractivity contribution is 0.389. The van der Waals surface area contributed by atoms with E-state index in [-0.39, 0.29) is 12.8 Å². The molecule has 0 aliphatic rings. The lowest BCUT2D eigenvalue weighted by Gasteiger charge is -2.18. The molecule has 13 heavy (non-hydrogen) atoms. The molecular weight excluding hydrogens is 164 g/mol. The fourth-order valence-corrected chi connectivity index (χ4v) is 0.910. The van der Waals surface area contributed by atoms with Crippen LogP contribution in [0.2, 0.25) is 0 Å². The van der Waals surface area contributed by atoms with E-state index in [1.165, 1.54) is 6.92 Å². The molecule has 0 radical (unpaired) electrons. The maximum atomic E-state index is 8.77. The van der Waals surface area contributed by atoms with Gasteiger partial charge in [0, 0.05) is 6.42 Å². The van der Waals surface area contributed by atoms with Crippen molar-refractivity contribution in [1.82, 2.24) is 0 Å². The van der Waals surface area contributed by atoms with Crippen molar-refractivity contribution in [2.45, 2.75) is 19.8 Å². The van der Waals surface area contributed by atoms with Crippen LogP contribution in [0.4, 0.5) is 0 Å². The number of hydrogen-bond acceptors (Lipinski definition) is 4. The van der Waals surface area contributed by atoms with E-state index in [0.29, 0.717) is 0 Å². The minimum Gasteiger partial charge on any atom is -0.198 e. The Kier molecular flexibility index (Phi) is 4.01. The van der Waals surface area contributed by atoms with Crippen molar-refractivity contribution >= 4 is 0 Å². The Bertz CT molecular complexity index is 317. The van der Waals surface area contributed by atoms with Gasteiger partial charge in [-0.05, 0) is 13.3 Å². The minimum absolute atomic E-state index is 0.118. The second kappa shape index (κ2) is 4.76. The average molecular weight is 172 g/mol. The van der Waals surface area contributed by atoms with E-state index < -0.39 is 11.3 Å². The van der Waals surface area contributed by atoms with Crippen molar-refractivity contribution in [1.29, 1.82) is 21.0 Å². The molecule has 0 fully saturated rings. The molecular formula is C9H8N4. The van der Waals surface area contributed by atoms with E-state index in [1.54, 1.807) is 0 Å². The van der Waals surface area contributed by atoms with Crippen LogP contribution in [-0.2, 0) is 0 Å². The molecule has 0 aromatic heterocycles. The summed E-state index contributed by atoms with van der Waals surface area (Å²) in [6.07, 6.45) is 0.248. The Morgan fingerprint density at radius 3 is 2.00 bits per heavy atom. The van der Waals surface area contributed by atoms with Crippen molar-refractivity contribution in [3.05, 3.63) is 0 Å². The maximum Gasteiger partial charge on any atom is 0.160 e. The number of rotatable bonds is 3. The molecule has 0 amide bonds. The summed E-state index contributed by atoms with van der Waals surface area (Å²) >= 11 is 0. The number of hydrogen-bond donors (Lipinski definition) is 0. The first-order chi connectivity index (χ1) is 6.16. The first-order valence-corrected chi connectivity index (χ1v) is 3.76. The predicted octanol–water partition coefficient (Wildman–Crippen LogP) is 1.48. The molecule has 4 nitrogen and oxygen atoms in total. The lowest BCUT2D eigenvalue weighted by Crippen LogP contribution is -2.24. The van der Waals surface area contributed by atoms with Crippen LogP contribution in [0.5, 0.6) is 0 Å². The van der Waals surface area contributed by atoms with Gasteiger partial charge in [0.1, 0.15) is 0 Å². The summed E-state index contributed by atoms with van der Waals surface area (Å²) in [4.78, 5) is 0. The Morgan fingerprint density at radius 2 is 1.69 bits per heavy atom. The highest BCUT2D eigenvalue weighted by Gasteiger charge is 2.36. The zero-order valence-corrected chi connectivity index (χ0v) is 7.28. The van der Waals surface area contributed by atoms with Gasteiger partial charge in [-0.1, -0.05) is 0 Å². The van der Waals surface area contributed by atoms with E-state index in [2.05, 4.69) is 0 Å². The molecule has 0 aliphatic carbocycles. The van der Waals surface area contributed by atoms with E-state index in [1.807, 2.05) is 24.3 Å². The molecule has 0 N–H and O–H groups in total. The van der Waals surface area contributed by atoms with E-state index in [9.17, 15) is 0 Å². The Morgan fingerprint density at radius 1 is 1.15 bits per heavy atom. The van der Waals surface area contributed by atoms with Crippen LogP contribution in [0, 0.1) is 56.7 Å². The van der Waals surface area contributed by atoms with Crippen molar-refractivity contribution in [2.75, 3.05) is 0 Å². The summed E-state index contributed by atoms with van der Waals surface area (Å²) in [6.45, 7) is 1.52.